The van der Waals surface area contributed by atoms with Crippen LogP contribution in [0.25, 0.3) is 0 Å². The third-order valence-corrected chi connectivity index (χ3v) is 2.07. The van der Waals surface area contributed by atoms with Gasteiger partial charge in [0.2, 0.25) is 0 Å². The second kappa shape index (κ2) is 4.07. The van der Waals surface area contributed by atoms with Crippen molar-refractivity contribution in [2.24, 2.45) is 5.73 Å². The Labute approximate surface area is 84.1 Å². The van der Waals surface area contributed by atoms with E-state index in [1.807, 2.05) is 19.9 Å². The van der Waals surface area contributed by atoms with E-state index in [1.165, 1.54) is 5.56 Å². The smallest absolute Gasteiger partial charge is 0.129 e. The van der Waals surface area contributed by atoms with E-state index >= 15 is 0 Å². The molecule has 1 aromatic heterocycles. The van der Waals surface area contributed by atoms with Crippen LogP contribution in [-0.2, 0) is 6.42 Å². The van der Waals surface area contributed by atoms with Gasteiger partial charge in [-0.2, -0.15) is 0 Å². The third-order valence-electron chi connectivity index (χ3n) is 1.85. The molecule has 13 heavy (non-hydrogen) atoms. The van der Waals surface area contributed by atoms with Crippen LogP contribution in [0.2, 0.25) is 5.15 Å². The molecule has 0 amide bonds. The van der Waals surface area contributed by atoms with E-state index < -0.39 is 0 Å². The molecular formula is C10H15ClN2. The molecule has 1 rings (SSSR count). The zero-order valence-electron chi connectivity index (χ0n) is 8.05. The largest absolute Gasteiger partial charge is 0.326 e. The fraction of sp³-hybridized carbons (Fsp3) is 0.500. The minimum Gasteiger partial charge on any atom is -0.326 e. The van der Waals surface area contributed by atoms with Crippen LogP contribution in [0.5, 0.6) is 0 Å². The highest BCUT2D eigenvalue weighted by Crippen LogP contribution is 2.11. The topological polar surface area (TPSA) is 38.9 Å². The molecule has 0 aliphatic heterocycles. The van der Waals surface area contributed by atoms with Crippen LogP contribution in [0.15, 0.2) is 18.3 Å². The molecule has 0 aliphatic carbocycles. The number of halogens is 1. The van der Waals surface area contributed by atoms with Gasteiger partial charge in [0.1, 0.15) is 5.15 Å². The van der Waals surface area contributed by atoms with Gasteiger partial charge in [-0.05, 0) is 38.3 Å². The summed E-state index contributed by atoms with van der Waals surface area (Å²) in [6.07, 6.45) is 3.71. The van der Waals surface area contributed by atoms with Gasteiger partial charge in [-0.15, -0.1) is 0 Å². The van der Waals surface area contributed by atoms with E-state index in [-0.39, 0.29) is 5.54 Å². The molecule has 0 fully saturated rings. The van der Waals surface area contributed by atoms with Gasteiger partial charge in [0.15, 0.2) is 0 Å². The van der Waals surface area contributed by atoms with Crippen LogP contribution in [0.1, 0.15) is 25.8 Å². The molecule has 3 heteroatoms. The fourth-order valence-corrected chi connectivity index (χ4v) is 1.13. The Morgan fingerprint density at radius 1 is 1.46 bits per heavy atom. The molecule has 72 valence electrons. The van der Waals surface area contributed by atoms with Crippen LogP contribution in [0.3, 0.4) is 0 Å². The van der Waals surface area contributed by atoms with Crippen LogP contribution in [0, 0.1) is 0 Å². The number of hydrogen-bond acceptors (Lipinski definition) is 2. The predicted octanol–water partition coefficient (Wildman–Crippen LogP) is 2.40. The second-order valence-electron chi connectivity index (χ2n) is 3.98. The van der Waals surface area contributed by atoms with Crippen LogP contribution in [0.4, 0.5) is 0 Å². The lowest BCUT2D eigenvalue weighted by Gasteiger charge is -2.17. The first kappa shape index (κ1) is 10.5. The summed E-state index contributed by atoms with van der Waals surface area (Å²) in [6.45, 7) is 4.05. The summed E-state index contributed by atoms with van der Waals surface area (Å²) in [5, 5.41) is 0.538. The maximum absolute atomic E-state index is 5.87. The standard InChI is InChI=1S/C10H15ClN2/c1-10(2,12)6-5-8-3-4-9(11)13-7-8/h3-4,7H,5-6,12H2,1-2H3. The summed E-state index contributed by atoms with van der Waals surface area (Å²) >= 11 is 5.67. The van der Waals surface area contributed by atoms with E-state index in [1.54, 1.807) is 12.3 Å². The SMILES string of the molecule is CC(C)(N)CCc1ccc(Cl)nc1. The first-order valence-electron chi connectivity index (χ1n) is 4.37. The molecule has 2 nitrogen and oxygen atoms in total. The monoisotopic (exact) mass is 198 g/mol. The Morgan fingerprint density at radius 3 is 2.62 bits per heavy atom. The second-order valence-corrected chi connectivity index (χ2v) is 4.37. The summed E-state index contributed by atoms with van der Waals surface area (Å²) in [4.78, 5) is 4.00. The normalized spacial score (nSPS) is 11.7. The summed E-state index contributed by atoms with van der Waals surface area (Å²) in [6, 6.07) is 3.79. The molecule has 1 heterocycles. The van der Waals surface area contributed by atoms with Crippen molar-refractivity contribution < 1.29 is 0 Å². The quantitative estimate of drug-likeness (QED) is 0.758. The molecule has 0 radical (unpaired) electrons. The van der Waals surface area contributed by atoms with Crippen molar-refractivity contribution in [3.63, 3.8) is 0 Å². The van der Waals surface area contributed by atoms with Gasteiger partial charge in [-0.25, -0.2) is 4.98 Å². The van der Waals surface area contributed by atoms with Crippen molar-refractivity contribution in [1.82, 2.24) is 4.98 Å². The first-order chi connectivity index (χ1) is 5.97. The molecule has 2 N–H and O–H groups in total. The van der Waals surface area contributed by atoms with Gasteiger partial charge < -0.3 is 5.73 Å². The highest BCUT2D eigenvalue weighted by molar-refractivity contribution is 6.29. The predicted molar refractivity (Wildman–Crippen MR) is 55.8 cm³/mol. The minimum absolute atomic E-state index is 0.111. The lowest BCUT2D eigenvalue weighted by molar-refractivity contribution is 0.476. The van der Waals surface area contributed by atoms with Crippen LogP contribution >= 0.6 is 11.6 Å². The van der Waals surface area contributed by atoms with Crippen molar-refractivity contribution in [2.75, 3.05) is 0 Å². The van der Waals surface area contributed by atoms with Gasteiger partial charge in [0, 0.05) is 11.7 Å². The Morgan fingerprint density at radius 2 is 2.15 bits per heavy atom. The van der Waals surface area contributed by atoms with Crippen molar-refractivity contribution >= 4 is 11.6 Å². The average Bonchev–Trinajstić information content (AvgIpc) is 2.02. The zero-order valence-corrected chi connectivity index (χ0v) is 8.80. The molecule has 0 spiro atoms. The number of aryl methyl sites for hydroxylation is 1. The average molecular weight is 199 g/mol. The number of pyridine rings is 1. The minimum atomic E-state index is -0.111. The van der Waals surface area contributed by atoms with Crippen LogP contribution < -0.4 is 5.73 Å². The number of rotatable bonds is 3. The summed E-state index contributed by atoms with van der Waals surface area (Å²) in [5.41, 5.74) is 6.94. The molecule has 0 atom stereocenters. The molecule has 0 aliphatic rings. The Bertz CT molecular complexity index is 261. The number of aromatic nitrogens is 1. The Balaban J connectivity index is 2.51. The molecule has 0 saturated heterocycles. The maximum atomic E-state index is 5.87. The highest BCUT2D eigenvalue weighted by atomic mass is 35.5. The number of hydrogen-bond donors (Lipinski definition) is 1. The van der Waals surface area contributed by atoms with Crippen molar-refractivity contribution in [1.29, 1.82) is 0 Å². The zero-order chi connectivity index (χ0) is 9.90. The van der Waals surface area contributed by atoms with Gasteiger partial charge in [0.05, 0.1) is 0 Å². The lowest BCUT2D eigenvalue weighted by atomic mass is 9.97. The van der Waals surface area contributed by atoms with Gasteiger partial charge in [-0.3, -0.25) is 0 Å². The first-order valence-corrected chi connectivity index (χ1v) is 4.74. The molecule has 0 aromatic carbocycles. The molecule has 0 unspecified atom stereocenters. The fourth-order valence-electron chi connectivity index (χ4n) is 1.02. The summed E-state index contributed by atoms with van der Waals surface area (Å²) in [5.74, 6) is 0. The van der Waals surface area contributed by atoms with Gasteiger partial charge in [-0.1, -0.05) is 17.7 Å². The number of nitrogens with two attached hydrogens (primary N) is 1. The Hall–Kier alpha value is -0.600. The molecular weight excluding hydrogens is 184 g/mol. The maximum Gasteiger partial charge on any atom is 0.129 e. The van der Waals surface area contributed by atoms with Gasteiger partial charge >= 0.3 is 0 Å². The van der Waals surface area contributed by atoms with E-state index in [4.69, 9.17) is 17.3 Å². The van der Waals surface area contributed by atoms with Crippen molar-refractivity contribution in [3.05, 3.63) is 29.0 Å². The van der Waals surface area contributed by atoms with Crippen LogP contribution in [-0.4, -0.2) is 10.5 Å². The van der Waals surface area contributed by atoms with E-state index in [0.29, 0.717) is 5.15 Å². The van der Waals surface area contributed by atoms with Crippen molar-refractivity contribution in [2.45, 2.75) is 32.2 Å². The molecule has 0 bridgehead atoms. The van der Waals surface area contributed by atoms with E-state index in [2.05, 4.69) is 4.98 Å². The van der Waals surface area contributed by atoms with E-state index in [9.17, 15) is 0 Å². The van der Waals surface area contributed by atoms with E-state index in [0.717, 1.165) is 12.8 Å². The number of nitrogens with zero attached hydrogens (tertiary/aromatic N) is 1. The third kappa shape index (κ3) is 4.25. The summed E-state index contributed by atoms with van der Waals surface area (Å²) < 4.78 is 0. The lowest BCUT2D eigenvalue weighted by Crippen LogP contribution is -2.32. The molecule has 0 saturated carbocycles. The highest BCUT2D eigenvalue weighted by Gasteiger charge is 2.10. The van der Waals surface area contributed by atoms with Gasteiger partial charge in [0.25, 0.3) is 0 Å². The molecule has 1 aromatic rings. The summed E-state index contributed by atoms with van der Waals surface area (Å²) in [7, 11) is 0. The van der Waals surface area contributed by atoms with Crippen molar-refractivity contribution in [3.8, 4) is 0 Å². The Kier molecular flexibility index (Phi) is 3.28.